The van der Waals surface area contributed by atoms with E-state index in [0.717, 1.165) is 16.2 Å². The van der Waals surface area contributed by atoms with E-state index in [1.807, 2.05) is 0 Å². The summed E-state index contributed by atoms with van der Waals surface area (Å²) in [5.74, 6) is -5.91. The molecule has 15 nitrogen and oxygen atoms in total. The number of thiazole rings is 1. The number of Topliss-reactive ketones (excluding diaryl/α,β-unsaturated/α-hetero) is 1. The van der Waals surface area contributed by atoms with Gasteiger partial charge in [0.05, 0.1) is 18.5 Å². The number of rotatable bonds is 10. The SMILES string of the molecule is CC(C)(O/N=C(\C(=O)C[C@@H]1C(=O)N(S(=O)(=O)O)[C@@H]1CN1C(=O)CCC1=O)c1csc(N)n1)C(=O)O. The van der Waals surface area contributed by atoms with Gasteiger partial charge in [0.15, 0.2) is 16.6 Å². The third-order valence-corrected chi connectivity index (χ3v) is 7.01. The van der Waals surface area contributed by atoms with E-state index < -0.39 is 76.0 Å². The van der Waals surface area contributed by atoms with Crippen LogP contribution >= 0.6 is 11.3 Å². The number of hydrogen-bond donors (Lipinski definition) is 3. The molecule has 0 saturated carbocycles. The van der Waals surface area contributed by atoms with Crippen LogP contribution in [0.2, 0.25) is 0 Å². The summed E-state index contributed by atoms with van der Waals surface area (Å²) in [5, 5.41) is 14.2. The Morgan fingerprint density at radius 2 is 1.89 bits per heavy atom. The molecule has 17 heteroatoms. The van der Waals surface area contributed by atoms with Gasteiger partial charge in [0.1, 0.15) is 5.69 Å². The maximum atomic E-state index is 13.1. The van der Waals surface area contributed by atoms with E-state index >= 15 is 0 Å². The van der Waals surface area contributed by atoms with Crippen LogP contribution in [0.15, 0.2) is 10.5 Å². The van der Waals surface area contributed by atoms with Gasteiger partial charge >= 0.3 is 16.3 Å². The van der Waals surface area contributed by atoms with Gasteiger partial charge in [-0.15, -0.1) is 11.3 Å². The minimum absolute atomic E-state index is 0.0548. The lowest BCUT2D eigenvalue weighted by molar-refractivity contribution is -0.161. The third kappa shape index (κ3) is 5.30. The Hall–Kier alpha value is -3.44. The highest BCUT2D eigenvalue weighted by molar-refractivity contribution is 7.84. The molecular weight excluding hydrogens is 510 g/mol. The Kier molecular flexibility index (Phi) is 6.96. The zero-order valence-corrected chi connectivity index (χ0v) is 20.0. The van der Waals surface area contributed by atoms with Crippen molar-refractivity contribution < 1.29 is 46.9 Å². The van der Waals surface area contributed by atoms with Crippen LogP contribution in [0, 0.1) is 5.92 Å². The predicted octanol–water partition coefficient (Wildman–Crippen LogP) is -0.953. The van der Waals surface area contributed by atoms with Crippen molar-refractivity contribution >= 4 is 62.0 Å². The molecule has 190 valence electrons. The Morgan fingerprint density at radius 3 is 2.37 bits per heavy atom. The number of carbonyl (C=O) groups is 5. The molecule has 2 atom stereocenters. The molecule has 2 aliphatic heterocycles. The van der Waals surface area contributed by atoms with Crippen molar-refractivity contribution in [1.82, 2.24) is 14.2 Å². The lowest BCUT2D eigenvalue weighted by Gasteiger charge is -2.45. The number of hydrogen-bond acceptors (Lipinski definition) is 12. The fourth-order valence-corrected chi connectivity index (χ4v) is 4.89. The van der Waals surface area contributed by atoms with Crippen LogP contribution in [-0.2, 0) is 39.1 Å². The predicted molar refractivity (Wildman–Crippen MR) is 117 cm³/mol. The Morgan fingerprint density at radius 1 is 1.29 bits per heavy atom. The number of aliphatic carboxylic acids is 1. The molecule has 0 spiro atoms. The van der Waals surface area contributed by atoms with Gasteiger partial charge in [-0.1, -0.05) is 5.16 Å². The first kappa shape index (κ1) is 26.2. The highest BCUT2D eigenvalue weighted by Crippen LogP contribution is 2.34. The van der Waals surface area contributed by atoms with Gasteiger partial charge in [0, 0.05) is 24.6 Å². The fourth-order valence-electron chi connectivity index (χ4n) is 3.43. The largest absolute Gasteiger partial charge is 0.478 e. The Balaban J connectivity index is 1.89. The zero-order valence-electron chi connectivity index (χ0n) is 18.4. The van der Waals surface area contributed by atoms with E-state index in [2.05, 4.69) is 10.1 Å². The Labute approximate surface area is 202 Å². The average molecular weight is 532 g/mol. The average Bonchev–Trinajstić information content (AvgIpc) is 3.30. The molecule has 3 rings (SSSR count). The van der Waals surface area contributed by atoms with Gasteiger partial charge in [-0.05, 0) is 13.8 Å². The summed E-state index contributed by atoms with van der Waals surface area (Å²) in [6.07, 6.45) is -0.847. The van der Waals surface area contributed by atoms with Crippen molar-refractivity contribution in [2.75, 3.05) is 12.3 Å². The molecule has 3 heterocycles. The second-order valence-electron chi connectivity index (χ2n) is 8.23. The molecule has 0 radical (unpaired) electrons. The van der Waals surface area contributed by atoms with Gasteiger partial charge in [-0.2, -0.15) is 8.42 Å². The quantitative estimate of drug-likeness (QED) is 0.109. The molecule has 0 unspecified atom stereocenters. The van der Waals surface area contributed by atoms with Crippen LogP contribution in [0.4, 0.5) is 5.13 Å². The number of nitrogens with two attached hydrogens (primary N) is 1. The van der Waals surface area contributed by atoms with Gasteiger partial charge in [-0.25, -0.2) is 14.1 Å². The minimum atomic E-state index is -5.04. The summed E-state index contributed by atoms with van der Waals surface area (Å²) in [6, 6.07) is -1.40. The summed E-state index contributed by atoms with van der Waals surface area (Å²) in [6.45, 7) is 1.81. The Bertz CT molecular complexity index is 1220. The first-order chi connectivity index (χ1) is 16.1. The van der Waals surface area contributed by atoms with Crippen LogP contribution in [0.5, 0.6) is 0 Å². The normalized spacial score (nSPS) is 21.3. The number of carbonyl (C=O) groups excluding carboxylic acids is 4. The van der Waals surface area contributed by atoms with Gasteiger partial charge in [-0.3, -0.25) is 28.6 Å². The number of carboxylic acid groups (broad SMARTS) is 1. The number of β-lactam (4-membered cyclic amide) rings is 1. The summed E-state index contributed by atoms with van der Waals surface area (Å²) in [5.41, 5.74) is 3.22. The molecule has 1 aromatic heterocycles. The molecule has 2 fully saturated rings. The molecule has 35 heavy (non-hydrogen) atoms. The number of oxime groups is 1. The van der Waals surface area contributed by atoms with Crippen molar-refractivity contribution in [2.24, 2.45) is 11.1 Å². The van der Waals surface area contributed by atoms with Gasteiger partial charge in [0.2, 0.25) is 23.3 Å². The first-order valence-electron chi connectivity index (χ1n) is 10.0. The lowest BCUT2D eigenvalue weighted by atomic mass is 9.84. The highest BCUT2D eigenvalue weighted by Gasteiger charge is 2.55. The number of imide groups is 1. The molecule has 2 saturated heterocycles. The van der Waals surface area contributed by atoms with E-state index in [1.54, 1.807) is 0 Å². The number of nitrogen functional groups attached to an aromatic ring is 1. The smallest absolute Gasteiger partial charge is 0.362 e. The molecule has 0 bridgehead atoms. The van der Waals surface area contributed by atoms with Gasteiger partial charge in [0.25, 0.3) is 0 Å². The van der Waals surface area contributed by atoms with Crippen molar-refractivity contribution in [1.29, 1.82) is 0 Å². The van der Waals surface area contributed by atoms with Crippen LogP contribution in [0.1, 0.15) is 38.8 Å². The number of aromatic nitrogens is 1. The number of nitrogens with zero attached hydrogens (tertiary/aromatic N) is 4. The van der Waals surface area contributed by atoms with Crippen molar-refractivity contribution in [3.8, 4) is 0 Å². The maximum absolute atomic E-state index is 13.1. The van der Waals surface area contributed by atoms with Gasteiger partial charge < -0.3 is 15.7 Å². The summed E-state index contributed by atoms with van der Waals surface area (Å²) >= 11 is 0.948. The second-order valence-corrected chi connectivity index (χ2v) is 10.4. The van der Waals surface area contributed by atoms with E-state index in [0.29, 0.717) is 0 Å². The third-order valence-electron chi connectivity index (χ3n) is 5.39. The van der Waals surface area contributed by atoms with Crippen LogP contribution in [0.25, 0.3) is 0 Å². The van der Waals surface area contributed by atoms with Crippen molar-refractivity contribution in [3.63, 3.8) is 0 Å². The number of likely N-dealkylation sites (tertiary alicyclic amines) is 1. The summed E-state index contributed by atoms with van der Waals surface area (Å²) < 4.78 is 32.9. The first-order valence-corrected chi connectivity index (χ1v) is 12.3. The van der Waals surface area contributed by atoms with E-state index in [9.17, 15) is 42.0 Å². The molecule has 3 amide bonds. The second kappa shape index (κ2) is 9.31. The number of amides is 3. The maximum Gasteiger partial charge on any atom is 0.362 e. The number of anilines is 1. The number of ketones is 1. The van der Waals surface area contributed by atoms with E-state index in [4.69, 9.17) is 10.6 Å². The molecule has 1 aromatic rings. The van der Waals surface area contributed by atoms with Crippen LogP contribution in [0.3, 0.4) is 0 Å². The minimum Gasteiger partial charge on any atom is -0.478 e. The highest BCUT2D eigenvalue weighted by atomic mass is 32.2. The number of carboxylic acids is 1. The van der Waals surface area contributed by atoms with E-state index in [-0.39, 0.29) is 28.0 Å². The molecular formula is C18H21N5O10S2. The van der Waals surface area contributed by atoms with Crippen LogP contribution < -0.4 is 5.73 Å². The monoisotopic (exact) mass is 531 g/mol. The topological polar surface area (TPSA) is 227 Å². The lowest BCUT2D eigenvalue weighted by Crippen LogP contribution is -2.66. The summed E-state index contributed by atoms with van der Waals surface area (Å²) in [7, 11) is -5.04. The standard InChI is InChI=1S/C18H21N5O10S2/c1-18(2,16(28)29)33-21-14(9-7-34-17(19)20-9)11(24)5-8-10(23(15(8)27)35(30,31)32)6-22-12(25)3-4-13(22)26/h7-8,10H,3-6H2,1-2H3,(H2,19,20)(H,28,29)(H,30,31,32)/b21-14-/t8-,10+/m0/s1. The van der Waals surface area contributed by atoms with E-state index in [1.165, 1.54) is 19.2 Å². The molecule has 0 aromatic carbocycles. The molecule has 0 aliphatic carbocycles. The molecule has 4 N–H and O–H groups in total. The zero-order chi connectivity index (χ0) is 26.3. The van der Waals surface area contributed by atoms with Crippen molar-refractivity contribution in [2.45, 2.75) is 44.8 Å². The van der Waals surface area contributed by atoms with Crippen LogP contribution in [-0.4, -0.2) is 85.6 Å². The fraction of sp³-hybridized carbons (Fsp3) is 0.500. The van der Waals surface area contributed by atoms with Crippen molar-refractivity contribution in [3.05, 3.63) is 11.1 Å². The summed E-state index contributed by atoms with van der Waals surface area (Å²) in [4.78, 5) is 70.6. The molecule has 2 aliphatic rings.